The average Bonchev–Trinajstić information content (AvgIpc) is 2.77. The molecular formula is C17H18N2. The van der Waals surface area contributed by atoms with Crippen LogP contribution in [0.4, 0.5) is 5.69 Å². The van der Waals surface area contributed by atoms with Gasteiger partial charge in [0.2, 0.25) is 0 Å². The lowest BCUT2D eigenvalue weighted by Crippen LogP contribution is -2.16. The number of benzene rings is 2. The minimum absolute atomic E-state index is 1.02. The molecule has 0 N–H and O–H groups in total. The van der Waals surface area contributed by atoms with Crippen LogP contribution in [0.2, 0.25) is 0 Å². The van der Waals surface area contributed by atoms with Crippen LogP contribution >= 0.6 is 0 Å². The second kappa shape index (κ2) is 5.70. The molecule has 2 aromatic carbocycles. The van der Waals surface area contributed by atoms with E-state index in [0.29, 0.717) is 0 Å². The lowest BCUT2D eigenvalue weighted by molar-refractivity contribution is 0.749. The monoisotopic (exact) mass is 250 g/mol. The zero-order valence-corrected chi connectivity index (χ0v) is 11.0. The molecule has 19 heavy (non-hydrogen) atoms. The number of rotatable bonds is 2. The van der Waals surface area contributed by atoms with Crippen LogP contribution in [0.3, 0.4) is 0 Å². The second-order valence-electron chi connectivity index (χ2n) is 4.83. The summed E-state index contributed by atoms with van der Waals surface area (Å²) in [6.45, 7) is 1.02. The molecule has 0 aromatic heterocycles. The number of anilines is 1. The number of hydrogen-bond donors (Lipinski definition) is 0. The van der Waals surface area contributed by atoms with E-state index < -0.39 is 0 Å². The van der Waals surface area contributed by atoms with E-state index in [4.69, 9.17) is 0 Å². The van der Waals surface area contributed by atoms with E-state index in [2.05, 4.69) is 58.6 Å². The quantitative estimate of drug-likeness (QED) is 0.774. The highest BCUT2D eigenvalue weighted by Gasteiger charge is 2.07. The maximum atomic E-state index is 4.50. The molecule has 0 aliphatic carbocycles. The van der Waals surface area contributed by atoms with Crippen molar-refractivity contribution in [3.8, 4) is 11.1 Å². The van der Waals surface area contributed by atoms with Gasteiger partial charge in [0.1, 0.15) is 0 Å². The molecule has 96 valence electrons. The first-order valence-electron chi connectivity index (χ1n) is 6.89. The predicted molar refractivity (Wildman–Crippen MR) is 81.6 cm³/mol. The summed E-state index contributed by atoms with van der Waals surface area (Å²) >= 11 is 0. The average molecular weight is 250 g/mol. The van der Waals surface area contributed by atoms with E-state index in [-0.39, 0.29) is 0 Å². The summed E-state index contributed by atoms with van der Waals surface area (Å²) in [6.07, 6.45) is 5.57. The van der Waals surface area contributed by atoms with Crippen molar-refractivity contribution in [1.29, 1.82) is 0 Å². The molecule has 2 nitrogen and oxygen atoms in total. The Hall–Kier alpha value is -2.09. The van der Waals surface area contributed by atoms with Gasteiger partial charge >= 0.3 is 0 Å². The van der Waals surface area contributed by atoms with E-state index in [0.717, 1.165) is 13.0 Å². The minimum Gasteiger partial charge on any atom is -0.266 e. The van der Waals surface area contributed by atoms with Gasteiger partial charge in [-0.3, -0.25) is 5.01 Å². The molecule has 2 aromatic rings. The van der Waals surface area contributed by atoms with E-state index in [1.165, 1.54) is 29.7 Å². The Morgan fingerprint density at radius 2 is 1.53 bits per heavy atom. The van der Waals surface area contributed by atoms with Crippen molar-refractivity contribution < 1.29 is 0 Å². The summed E-state index contributed by atoms with van der Waals surface area (Å²) in [7, 11) is 0. The molecular weight excluding hydrogens is 232 g/mol. The van der Waals surface area contributed by atoms with Gasteiger partial charge in [-0.25, -0.2) is 0 Å². The lowest BCUT2D eigenvalue weighted by Gasteiger charge is -2.17. The summed E-state index contributed by atoms with van der Waals surface area (Å²) in [6, 6.07) is 19.1. The van der Waals surface area contributed by atoms with Gasteiger partial charge in [0, 0.05) is 12.8 Å². The molecule has 0 spiro atoms. The topological polar surface area (TPSA) is 15.6 Å². The van der Waals surface area contributed by atoms with E-state index in [9.17, 15) is 0 Å². The van der Waals surface area contributed by atoms with Crippen LogP contribution in [0, 0.1) is 0 Å². The van der Waals surface area contributed by atoms with Crippen LogP contribution in [0.5, 0.6) is 0 Å². The molecule has 0 bridgehead atoms. The Morgan fingerprint density at radius 1 is 0.789 bits per heavy atom. The van der Waals surface area contributed by atoms with Gasteiger partial charge in [0.25, 0.3) is 0 Å². The molecule has 1 aliphatic rings. The third kappa shape index (κ3) is 2.84. The normalized spacial score (nSPS) is 15.3. The van der Waals surface area contributed by atoms with Crippen LogP contribution < -0.4 is 5.01 Å². The van der Waals surface area contributed by atoms with Gasteiger partial charge < -0.3 is 0 Å². The third-order valence-corrected chi connectivity index (χ3v) is 3.45. The summed E-state index contributed by atoms with van der Waals surface area (Å²) in [4.78, 5) is 0. The molecule has 0 radical (unpaired) electrons. The summed E-state index contributed by atoms with van der Waals surface area (Å²) in [5, 5.41) is 6.60. The number of hydrazone groups is 1. The molecule has 0 fully saturated rings. The van der Waals surface area contributed by atoms with E-state index in [1.54, 1.807) is 0 Å². The maximum absolute atomic E-state index is 4.50. The van der Waals surface area contributed by atoms with Crippen molar-refractivity contribution in [2.24, 2.45) is 5.10 Å². The van der Waals surface area contributed by atoms with Crippen LogP contribution in [0.25, 0.3) is 11.1 Å². The summed E-state index contributed by atoms with van der Waals surface area (Å²) < 4.78 is 0. The van der Waals surface area contributed by atoms with Crippen LogP contribution in [-0.4, -0.2) is 12.8 Å². The fourth-order valence-corrected chi connectivity index (χ4v) is 2.36. The fraction of sp³-hybridized carbons (Fsp3) is 0.235. The first-order valence-corrected chi connectivity index (χ1v) is 6.89. The zero-order chi connectivity index (χ0) is 12.9. The first-order chi connectivity index (χ1) is 9.43. The molecule has 0 atom stereocenters. The zero-order valence-electron chi connectivity index (χ0n) is 11.0. The van der Waals surface area contributed by atoms with Gasteiger partial charge in [-0.1, -0.05) is 42.5 Å². The highest BCUT2D eigenvalue weighted by molar-refractivity contribution is 5.67. The maximum Gasteiger partial charge on any atom is 0.0594 e. The second-order valence-corrected chi connectivity index (χ2v) is 4.83. The molecule has 1 aliphatic heterocycles. The summed E-state index contributed by atoms with van der Waals surface area (Å²) in [5.74, 6) is 0. The van der Waals surface area contributed by atoms with E-state index >= 15 is 0 Å². The van der Waals surface area contributed by atoms with Crippen LogP contribution in [-0.2, 0) is 0 Å². The Bertz CT molecular complexity index is 543. The van der Waals surface area contributed by atoms with Gasteiger partial charge in [-0.15, -0.1) is 0 Å². The lowest BCUT2D eigenvalue weighted by atomic mass is 10.1. The summed E-state index contributed by atoms with van der Waals surface area (Å²) in [5.41, 5.74) is 3.69. The van der Waals surface area contributed by atoms with Crippen molar-refractivity contribution >= 4 is 11.9 Å². The molecule has 3 rings (SSSR count). The SMILES string of the molecule is C1=NN(c2ccc(-c3ccccc3)cc2)CCCC1. The van der Waals surface area contributed by atoms with Crippen molar-refractivity contribution in [2.45, 2.75) is 19.3 Å². The Balaban J connectivity index is 1.82. The third-order valence-electron chi connectivity index (χ3n) is 3.45. The molecule has 0 saturated heterocycles. The van der Waals surface area contributed by atoms with Crippen molar-refractivity contribution in [1.82, 2.24) is 0 Å². The van der Waals surface area contributed by atoms with Gasteiger partial charge in [0.15, 0.2) is 0 Å². The molecule has 0 saturated carbocycles. The molecule has 0 unspecified atom stereocenters. The van der Waals surface area contributed by atoms with E-state index in [1.807, 2.05) is 12.3 Å². The highest BCUT2D eigenvalue weighted by atomic mass is 15.4. The standard InChI is InChI=1S/C17H18N2/c1-3-7-15(8-4-1)16-9-11-17(12-10-16)19-14-6-2-5-13-18-19/h1,3-4,7-13H,2,5-6,14H2. The van der Waals surface area contributed by atoms with Crippen molar-refractivity contribution in [2.75, 3.05) is 11.6 Å². The van der Waals surface area contributed by atoms with Gasteiger partial charge in [-0.2, -0.15) is 5.10 Å². The van der Waals surface area contributed by atoms with Crippen LogP contribution in [0.15, 0.2) is 59.7 Å². The Labute approximate surface area is 114 Å². The van der Waals surface area contributed by atoms with Gasteiger partial charge in [0.05, 0.1) is 5.69 Å². The molecule has 0 amide bonds. The highest BCUT2D eigenvalue weighted by Crippen LogP contribution is 2.24. The van der Waals surface area contributed by atoms with Crippen LogP contribution in [0.1, 0.15) is 19.3 Å². The fourth-order valence-electron chi connectivity index (χ4n) is 2.36. The molecule has 2 heteroatoms. The first kappa shape index (κ1) is 12.0. The Kier molecular flexibility index (Phi) is 3.59. The predicted octanol–water partition coefficient (Wildman–Crippen LogP) is 4.33. The largest absolute Gasteiger partial charge is 0.266 e. The van der Waals surface area contributed by atoms with Crippen molar-refractivity contribution in [3.63, 3.8) is 0 Å². The van der Waals surface area contributed by atoms with Gasteiger partial charge in [-0.05, 0) is 42.5 Å². The number of nitrogens with zero attached hydrogens (tertiary/aromatic N) is 2. The minimum atomic E-state index is 1.02. The number of hydrogen-bond acceptors (Lipinski definition) is 2. The smallest absolute Gasteiger partial charge is 0.0594 e. The molecule has 1 heterocycles. The Morgan fingerprint density at radius 3 is 2.32 bits per heavy atom. The van der Waals surface area contributed by atoms with Crippen molar-refractivity contribution in [3.05, 3.63) is 54.6 Å².